The van der Waals surface area contributed by atoms with E-state index in [-0.39, 0.29) is 28.1 Å². The molecule has 2 aromatic carbocycles. The van der Waals surface area contributed by atoms with Crippen molar-refractivity contribution in [3.05, 3.63) is 70.8 Å². The molecule has 34 heavy (non-hydrogen) atoms. The molecule has 12 heteroatoms. The highest BCUT2D eigenvalue weighted by Gasteiger charge is 2.35. The summed E-state index contributed by atoms with van der Waals surface area (Å²) in [6.07, 6.45) is -3.39. The van der Waals surface area contributed by atoms with Crippen molar-refractivity contribution in [1.29, 1.82) is 0 Å². The van der Waals surface area contributed by atoms with Crippen molar-refractivity contribution in [2.45, 2.75) is 19.5 Å². The zero-order chi connectivity index (χ0) is 25.2. The number of aromatic amines is 1. The van der Waals surface area contributed by atoms with Crippen molar-refractivity contribution in [3.8, 4) is 11.1 Å². The van der Waals surface area contributed by atoms with Gasteiger partial charge < -0.3 is 26.5 Å². The minimum absolute atomic E-state index is 0.0221. The summed E-state index contributed by atoms with van der Waals surface area (Å²) in [5.74, 6) is -3.99. The summed E-state index contributed by atoms with van der Waals surface area (Å²) < 4.78 is 53.2. The van der Waals surface area contributed by atoms with Gasteiger partial charge in [0.1, 0.15) is 5.69 Å². The number of anilines is 2. The van der Waals surface area contributed by atoms with Crippen molar-refractivity contribution in [3.63, 3.8) is 0 Å². The topological polar surface area (TPSA) is 137 Å². The number of rotatable bonds is 6. The van der Waals surface area contributed by atoms with Gasteiger partial charge in [-0.1, -0.05) is 25.1 Å². The first-order chi connectivity index (χ1) is 15.9. The minimum Gasteiger partial charge on any atom is -0.478 e. The van der Waals surface area contributed by atoms with Crippen molar-refractivity contribution in [2.75, 3.05) is 10.6 Å². The molecule has 0 bridgehead atoms. The molecule has 3 aromatic rings. The lowest BCUT2D eigenvalue weighted by molar-refractivity contribution is -0.139. The lowest BCUT2D eigenvalue weighted by atomic mass is 9.97. The molecule has 0 fully saturated rings. The molecule has 6 N–H and O–H groups in total. The van der Waals surface area contributed by atoms with Gasteiger partial charge in [0.25, 0.3) is 5.91 Å². The molecular weight excluding hydrogens is 460 g/mol. The van der Waals surface area contributed by atoms with Gasteiger partial charge in [0, 0.05) is 17.3 Å². The van der Waals surface area contributed by atoms with Crippen LogP contribution in [0, 0.1) is 5.82 Å². The Morgan fingerprint density at radius 1 is 1.09 bits per heavy atom. The summed E-state index contributed by atoms with van der Waals surface area (Å²) in [6, 6.07) is 5.90. The molecule has 0 unspecified atom stereocenters. The number of carboxylic acid groups (broad SMARTS) is 1. The molecule has 0 saturated carbocycles. The number of amides is 3. The summed E-state index contributed by atoms with van der Waals surface area (Å²) in [6.45, 7) is 1.81. The van der Waals surface area contributed by atoms with E-state index >= 15 is 0 Å². The van der Waals surface area contributed by atoms with E-state index in [9.17, 15) is 37.1 Å². The highest BCUT2D eigenvalue weighted by molar-refractivity contribution is 6.10. The summed E-state index contributed by atoms with van der Waals surface area (Å²) in [7, 11) is 0. The second-order valence-electron chi connectivity index (χ2n) is 7.10. The Kier molecular flexibility index (Phi) is 6.61. The van der Waals surface area contributed by atoms with Crippen molar-refractivity contribution >= 4 is 29.3 Å². The van der Waals surface area contributed by atoms with Crippen LogP contribution in [-0.2, 0) is 12.6 Å². The molecule has 0 aliphatic rings. The van der Waals surface area contributed by atoms with Crippen LogP contribution in [0.4, 0.5) is 33.7 Å². The van der Waals surface area contributed by atoms with Crippen LogP contribution in [0.3, 0.4) is 0 Å². The molecule has 0 atom stereocenters. The minimum atomic E-state index is -4.96. The zero-order valence-electron chi connectivity index (χ0n) is 17.5. The Morgan fingerprint density at radius 2 is 1.76 bits per heavy atom. The largest absolute Gasteiger partial charge is 0.478 e. The number of hydrogen-bond acceptors (Lipinski definition) is 3. The number of benzene rings is 2. The van der Waals surface area contributed by atoms with Crippen LogP contribution in [0.15, 0.2) is 42.6 Å². The van der Waals surface area contributed by atoms with Crippen LogP contribution in [0.25, 0.3) is 11.1 Å². The fraction of sp³-hybridized carbons (Fsp3) is 0.136. The Balaban J connectivity index is 2.03. The average Bonchev–Trinajstić information content (AvgIpc) is 3.20. The number of alkyl halides is 3. The van der Waals surface area contributed by atoms with Crippen molar-refractivity contribution in [1.82, 2.24) is 4.98 Å². The normalized spacial score (nSPS) is 11.2. The maximum Gasteiger partial charge on any atom is 0.419 e. The fourth-order valence-corrected chi connectivity index (χ4v) is 3.32. The Bertz CT molecular complexity index is 1250. The first-order valence-electron chi connectivity index (χ1n) is 9.75. The number of H-pyrrole nitrogens is 1. The molecule has 0 aliphatic carbocycles. The first kappa shape index (κ1) is 24.3. The van der Waals surface area contributed by atoms with E-state index in [0.29, 0.717) is 18.1 Å². The van der Waals surface area contributed by atoms with E-state index in [2.05, 4.69) is 10.3 Å². The summed E-state index contributed by atoms with van der Waals surface area (Å²) in [5.41, 5.74) is 3.28. The van der Waals surface area contributed by atoms with E-state index in [1.54, 1.807) is 6.07 Å². The Labute approximate surface area is 189 Å². The number of aromatic nitrogens is 1. The molecule has 0 saturated heterocycles. The maximum atomic E-state index is 14.3. The summed E-state index contributed by atoms with van der Waals surface area (Å²) >= 11 is 0. The third kappa shape index (κ3) is 4.85. The highest BCUT2D eigenvalue weighted by atomic mass is 19.4. The van der Waals surface area contributed by atoms with Gasteiger partial charge in [-0.3, -0.25) is 4.79 Å². The molecule has 0 spiro atoms. The van der Waals surface area contributed by atoms with Gasteiger partial charge >= 0.3 is 18.2 Å². The number of hydrogen-bond donors (Lipinski definition) is 5. The van der Waals surface area contributed by atoms with Gasteiger partial charge in [-0.05, 0) is 30.2 Å². The van der Waals surface area contributed by atoms with Crippen LogP contribution in [0.2, 0.25) is 0 Å². The van der Waals surface area contributed by atoms with E-state index < -0.39 is 41.2 Å². The molecule has 1 aromatic heterocycles. The van der Waals surface area contributed by atoms with Gasteiger partial charge in [-0.15, -0.1) is 0 Å². The molecule has 0 radical (unpaired) electrons. The summed E-state index contributed by atoms with van der Waals surface area (Å²) in [5, 5.41) is 13.9. The standard InChI is InChI=1S/C22H18F4N4O4/c1-2-10-6-7-11(16-12(20(32)33)9-28-18(16)19(27)31)15(8-10)30-21(34)29-14-5-3-4-13(17(14)23)22(24,25)26/h3-9,28H,2H2,1H3,(H2,27,31)(H,32,33)(H2,29,30,34). The fourth-order valence-electron chi connectivity index (χ4n) is 3.32. The molecule has 0 aliphatic heterocycles. The number of urea groups is 1. The van der Waals surface area contributed by atoms with Gasteiger partial charge in [0.2, 0.25) is 0 Å². The predicted molar refractivity (Wildman–Crippen MR) is 115 cm³/mol. The number of nitrogens with one attached hydrogen (secondary N) is 3. The smallest absolute Gasteiger partial charge is 0.419 e. The average molecular weight is 478 g/mol. The predicted octanol–water partition coefficient (Wildman–Crippen LogP) is 4.84. The van der Waals surface area contributed by atoms with Crippen molar-refractivity contribution in [2.24, 2.45) is 5.73 Å². The molecule has 1 heterocycles. The summed E-state index contributed by atoms with van der Waals surface area (Å²) in [4.78, 5) is 38.6. The number of aryl methyl sites for hydroxylation is 1. The van der Waals surface area contributed by atoms with E-state index in [1.807, 2.05) is 12.2 Å². The quantitative estimate of drug-likeness (QED) is 0.324. The highest BCUT2D eigenvalue weighted by Crippen LogP contribution is 2.36. The van der Waals surface area contributed by atoms with E-state index in [4.69, 9.17) is 5.73 Å². The molecule has 178 valence electrons. The zero-order valence-corrected chi connectivity index (χ0v) is 17.5. The van der Waals surface area contributed by atoms with Crippen LogP contribution < -0.4 is 16.4 Å². The van der Waals surface area contributed by atoms with Gasteiger partial charge in [-0.2, -0.15) is 13.2 Å². The molecule has 8 nitrogen and oxygen atoms in total. The van der Waals surface area contributed by atoms with Crippen LogP contribution in [0.5, 0.6) is 0 Å². The number of carbonyl (C=O) groups is 3. The van der Waals surface area contributed by atoms with Crippen LogP contribution in [0.1, 0.15) is 38.9 Å². The second kappa shape index (κ2) is 9.25. The lowest BCUT2D eigenvalue weighted by Crippen LogP contribution is -2.22. The lowest BCUT2D eigenvalue weighted by Gasteiger charge is -2.16. The van der Waals surface area contributed by atoms with Crippen LogP contribution in [-0.4, -0.2) is 28.0 Å². The van der Waals surface area contributed by atoms with E-state index in [0.717, 1.165) is 18.3 Å². The monoisotopic (exact) mass is 478 g/mol. The number of nitrogens with two attached hydrogens (primary N) is 1. The third-order valence-corrected chi connectivity index (χ3v) is 4.92. The van der Waals surface area contributed by atoms with E-state index in [1.165, 1.54) is 12.1 Å². The number of aromatic carboxylic acids is 1. The van der Waals surface area contributed by atoms with Gasteiger partial charge in [-0.25, -0.2) is 14.0 Å². The van der Waals surface area contributed by atoms with Crippen molar-refractivity contribution < 1.29 is 37.1 Å². The Hall–Kier alpha value is -4.35. The Morgan fingerprint density at radius 3 is 2.35 bits per heavy atom. The number of carbonyl (C=O) groups excluding carboxylic acids is 2. The number of halogens is 4. The number of primary amides is 1. The number of carboxylic acids is 1. The third-order valence-electron chi connectivity index (χ3n) is 4.92. The maximum absolute atomic E-state index is 14.3. The molecular formula is C22H18F4N4O4. The first-order valence-corrected chi connectivity index (χ1v) is 9.75. The van der Waals surface area contributed by atoms with Gasteiger partial charge in [0.15, 0.2) is 5.82 Å². The SMILES string of the molecule is CCc1ccc(-c2c(C(=O)O)c[nH]c2C(N)=O)c(NC(=O)Nc2cccc(C(F)(F)F)c2F)c1. The van der Waals surface area contributed by atoms with Crippen LogP contribution >= 0.6 is 0 Å². The molecule has 3 amide bonds. The van der Waals surface area contributed by atoms with Gasteiger partial charge in [0.05, 0.1) is 22.5 Å². The molecule has 3 rings (SSSR count). The second-order valence-corrected chi connectivity index (χ2v) is 7.10.